The number of fused-ring (bicyclic) bond motifs is 1. The molecule has 2 aromatic heterocycles. The van der Waals surface area contributed by atoms with E-state index >= 15 is 0 Å². The van der Waals surface area contributed by atoms with Gasteiger partial charge in [-0.05, 0) is 31.0 Å². The van der Waals surface area contributed by atoms with Crippen LogP contribution in [0.5, 0.6) is 0 Å². The number of nitriles is 1. The number of carbonyl (C=O) groups excluding carboxylic acids is 1. The Balaban J connectivity index is 2.02. The topological polar surface area (TPSA) is 88.5 Å². The van der Waals surface area contributed by atoms with Gasteiger partial charge in [0.05, 0.1) is 23.1 Å². The summed E-state index contributed by atoms with van der Waals surface area (Å²) < 4.78 is 3.57. The summed E-state index contributed by atoms with van der Waals surface area (Å²) in [5.41, 5.74) is 3.76. The number of aldehydes is 1. The molecule has 0 saturated carbocycles. The van der Waals surface area contributed by atoms with E-state index in [0.29, 0.717) is 17.1 Å². The third kappa shape index (κ3) is 3.47. The van der Waals surface area contributed by atoms with Crippen LogP contribution in [-0.2, 0) is 24.8 Å². The molecular formula is C20H22N6O. The van der Waals surface area contributed by atoms with Crippen molar-refractivity contribution in [2.45, 2.75) is 33.2 Å². The molecule has 0 unspecified atom stereocenters. The van der Waals surface area contributed by atoms with Crippen molar-refractivity contribution in [3.63, 3.8) is 0 Å². The minimum atomic E-state index is 0.510. The van der Waals surface area contributed by atoms with Crippen molar-refractivity contribution in [1.82, 2.24) is 19.6 Å². The number of nitrogens with one attached hydrogen (secondary N) is 1. The highest BCUT2D eigenvalue weighted by Gasteiger charge is 2.17. The molecule has 0 aliphatic heterocycles. The van der Waals surface area contributed by atoms with Crippen LogP contribution in [0, 0.1) is 11.3 Å². The van der Waals surface area contributed by atoms with E-state index in [1.165, 1.54) is 6.08 Å². The number of aromatic nitrogens is 4. The van der Waals surface area contributed by atoms with Crippen LogP contribution in [0.4, 0.5) is 5.82 Å². The van der Waals surface area contributed by atoms with Gasteiger partial charge in [-0.3, -0.25) is 14.2 Å². The zero-order valence-electron chi connectivity index (χ0n) is 15.7. The number of rotatable bonds is 7. The van der Waals surface area contributed by atoms with Crippen molar-refractivity contribution >= 4 is 28.7 Å². The van der Waals surface area contributed by atoms with Crippen molar-refractivity contribution in [3.8, 4) is 6.07 Å². The molecule has 1 N–H and O–H groups in total. The second-order valence-corrected chi connectivity index (χ2v) is 6.23. The monoisotopic (exact) mass is 362 g/mol. The lowest BCUT2D eigenvalue weighted by atomic mass is 10.1. The third-order valence-corrected chi connectivity index (χ3v) is 4.46. The van der Waals surface area contributed by atoms with Crippen LogP contribution < -0.4 is 5.32 Å². The Morgan fingerprint density at radius 1 is 1.37 bits per heavy atom. The molecule has 0 radical (unpaired) electrons. The van der Waals surface area contributed by atoms with Crippen LogP contribution in [0.15, 0.2) is 30.5 Å². The maximum atomic E-state index is 11.2. The molecular weight excluding hydrogens is 340 g/mol. The quantitative estimate of drug-likeness (QED) is 0.515. The van der Waals surface area contributed by atoms with Gasteiger partial charge in [0, 0.05) is 25.1 Å². The molecule has 0 fully saturated rings. The molecule has 1 aromatic carbocycles. The molecule has 0 aliphatic carbocycles. The van der Waals surface area contributed by atoms with Crippen molar-refractivity contribution in [3.05, 3.63) is 47.3 Å². The first-order chi connectivity index (χ1) is 13.1. The standard InChI is InChI=1S/C20H22N6O/c1-4-6-18-16(12-21)20(25(3)24-18)23-17(9-10-27)14-7-8-19-15(11-14)13-22-26(19)5-2/h7-11,13,23H,4-6H2,1-3H3/b17-9-. The summed E-state index contributed by atoms with van der Waals surface area (Å²) in [7, 11) is 1.79. The van der Waals surface area contributed by atoms with Gasteiger partial charge in [-0.1, -0.05) is 19.4 Å². The Bertz CT molecular complexity index is 1050. The maximum Gasteiger partial charge on any atom is 0.146 e. The molecule has 7 heteroatoms. The molecule has 0 atom stereocenters. The molecule has 0 spiro atoms. The highest BCUT2D eigenvalue weighted by Crippen LogP contribution is 2.26. The summed E-state index contributed by atoms with van der Waals surface area (Å²) in [6.07, 6.45) is 5.63. The fraction of sp³-hybridized carbons (Fsp3) is 0.300. The summed E-state index contributed by atoms with van der Waals surface area (Å²) in [6.45, 7) is 4.88. The molecule has 3 rings (SSSR count). The van der Waals surface area contributed by atoms with Gasteiger partial charge in [0.1, 0.15) is 23.7 Å². The zero-order valence-corrected chi connectivity index (χ0v) is 15.7. The number of benzene rings is 1. The number of hydrogen-bond acceptors (Lipinski definition) is 5. The van der Waals surface area contributed by atoms with E-state index in [2.05, 4.69) is 21.6 Å². The first kappa shape index (κ1) is 18.4. The second kappa shape index (κ2) is 7.87. The highest BCUT2D eigenvalue weighted by atomic mass is 16.1. The van der Waals surface area contributed by atoms with Gasteiger partial charge in [-0.25, -0.2) is 0 Å². The largest absolute Gasteiger partial charge is 0.339 e. The van der Waals surface area contributed by atoms with Crippen LogP contribution >= 0.6 is 0 Å². The Morgan fingerprint density at radius 2 is 2.19 bits per heavy atom. The van der Waals surface area contributed by atoms with E-state index in [1.807, 2.05) is 42.9 Å². The van der Waals surface area contributed by atoms with Gasteiger partial charge in [0.15, 0.2) is 0 Å². The molecule has 0 aliphatic rings. The minimum Gasteiger partial charge on any atom is -0.339 e. The molecule has 0 saturated heterocycles. The predicted molar refractivity (Wildman–Crippen MR) is 105 cm³/mol. The van der Waals surface area contributed by atoms with Gasteiger partial charge in [0.2, 0.25) is 0 Å². The highest BCUT2D eigenvalue weighted by molar-refractivity contribution is 5.91. The number of aryl methyl sites for hydroxylation is 3. The van der Waals surface area contributed by atoms with Crippen molar-refractivity contribution in [1.29, 1.82) is 5.26 Å². The number of anilines is 1. The lowest BCUT2D eigenvalue weighted by Gasteiger charge is -2.12. The van der Waals surface area contributed by atoms with Gasteiger partial charge in [-0.2, -0.15) is 15.5 Å². The van der Waals surface area contributed by atoms with E-state index in [-0.39, 0.29) is 0 Å². The number of carbonyl (C=O) groups is 1. The zero-order chi connectivity index (χ0) is 19.4. The summed E-state index contributed by atoms with van der Waals surface area (Å²) in [4.78, 5) is 11.2. The Labute approximate surface area is 157 Å². The molecule has 27 heavy (non-hydrogen) atoms. The van der Waals surface area contributed by atoms with E-state index in [1.54, 1.807) is 11.7 Å². The van der Waals surface area contributed by atoms with Crippen LogP contribution in [-0.4, -0.2) is 25.8 Å². The van der Waals surface area contributed by atoms with Gasteiger partial charge in [0.25, 0.3) is 0 Å². The number of nitrogens with zero attached hydrogens (tertiary/aromatic N) is 5. The lowest BCUT2D eigenvalue weighted by molar-refractivity contribution is -0.104. The van der Waals surface area contributed by atoms with E-state index in [9.17, 15) is 10.1 Å². The summed E-state index contributed by atoms with van der Waals surface area (Å²) in [6, 6.07) is 8.14. The third-order valence-electron chi connectivity index (χ3n) is 4.46. The normalized spacial score (nSPS) is 11.6. The van der Waals surface area contributed by atoms with Gasteiger partial charge >= 0.3 is 0 Å². The fourth-order valence-electron chi connectivity index (χ4n) is 3.16. The summed E-state index contributed by atoms with van der Waals surface area (Å²) in [5.74, 6) is 0.582. The molecule has 2 heterocycles. The first-order valence-electron chi connectivity index (χ1n) is 8.97. The van der Waals surface area contributed by atoms with Crippen LogP contribution in [0.25, 0.3) is 16.6 Å². The second-order valence-electron chi connectivity index (χ2n) is 6.23. The Hall–Kier alpha value is -3.40. The van der Waals surface area contributed by atoms with E-state index in [4.69, 9.17) is 0 Å². The van der Waals surface area contributed by atoms with Crippen molar-refractivity contribution < 1.29 is 4.79 Å². The summed E-state index contributed by atoms with van der Waals surface area (Å²) in [5, 5.41) is 22.6. The van der Waals surface area contributed by atoms with Gasteiger partial charge in [-0.15, -0.1) is 0 Å². The van der Waals surface area contributed by atoms with Crippen LogP contribution in [0.2, 0.25) is 0 Å². The number of hydrogen-bond donors (Lipinski definition) is 1. The lowest BCUT2D eigenvalue weighted by Crippen LogP contribution is -2.06. The SMILES string of the molecule is CCCc1nn(C)c(N/C(=C\C=O)c2ccc3c(cnn3CC)c2)c1C#N. The first-order valence-corrected chi connectivity index (χ1v) is 8.97. The Morgan fingerprint density at radius 3 is 2.85 bits per heavy atom. The average molecular weight is 362 g/mol. The summed E-state index contributed by atoms with van der Waals surface area (Å²) >= 11 is 0. The molecule has 7 nitrogen and oxygen atoms in total. The van der Waals surface area contributed by atoms with Crippen LogP contribution in [0.3, 0.4) is 0 Å². The van der Waals surface area contributed by atoms with Crippen LogP contribution in [0.1, 0.15) is 37.1 Å². The van der Waals surface area contributed by atoms with E-state index in [0.717, 1.165) is 47.8 Å². The number of allylic oxidation sites excluding steroid dienone is 1. The molecule has 138 valence electrons. The molecule has 3 aromatic rings. The van der Waals surface area contributed by atoms with Crippen molar-refractivity contribution in [2.75, 3.05) is 5.32 Å². The fourth-order valence-corrected chi connectivity index (χ4v) is 3.16. The smallest absolute Gasteiger partial charge is 0.146 e. The maximum absolute atomic E-state index is 11.2. The Kier molecular flexibility index (Phi) is 5.36. The van der Waals surface area contributed by atoms with Gasteiger partial charge < -0.3 is 5.32 Å². The predicted octanol–water partition coefficient (Wildman–Crippen LogP) is 3.27. The molecule has 0 bridgehead atoms. The van der Waals surface area contributed by atoms with E-state index < -0.39 is 0 Å². The molecule has 0 amide bonds. The minimum absolute atomic E-state index is 0.510. The van der Waals surface area contributed by atoms with Crippen molar-refractivity contribution in [2.24, 2.45) is 7.05 Å². The average Bonchev–Trinajstić information content (AvgIpc) is 3.21.